The maximum absolute atomic E-state index is 12.5. The van der Waals surface area contributed by atoms with Crippen LogP contribution in [-0.4, -0.2) is 76.7 Å². The standard InChI is InChI=1S/C28H36ClN3O6S/c1-28(2)18-19-14-21(30-39(33,34)22-4-5-22)17-25(26(19)38-28)35-11-3-6-31-7-9-32(10-8-31)23-15-20(29)16-24-27(23)37-13-12-36-24/h14-17,22,30H,3-13,18H2,1-2H3. The second kappa shape index (κ2) is 10.4. The molecule has 9 nitrogen and oxygen atoms in total. The van der Waals surface area contributed by atoms with E-state index in [0.717, 1.165) is 74.7 Å². The van der Waals surface area contributed by atoms with Crippen molar-refractivity contribution in [1.82, 2.24) is 4.90 Å². The molecule has 2 aromatic carbocycles. The molecule has 0 spiro atoms. The minimum atomic E-state index is -3.35. The molecule has 1 saturated carbocycles. The summed E-state index contributed by atoms with van der Waals surface area (Å²) in [7, 11) is -3.35. The fourth-order valence-corrected chi connectivity index (χ4v) is 7.06. The Morgan fingerprint density at radius 1 is 1.05 bits per heavy atom. The molecule has 3 aliphatic heterocycles. The third-order valence-electron chi connectivity index (χ3n) is 7.53. The molecule has 0 unspecified atom stereocenters. The summed E-state index contributed by atoms with van der Waals surface area (Å²) >= 11 is 6.34. The molecule has 0 radical (unpaired) electrons. The number of hydrogen-bond donors (Lipinski definition) is 1. The van der Waals surface area contributed by atoms with Crippen LogP contribution >= 0.6 is 11.6 Å². The molecule has 2 fully saturated rings. The first-order valence-corrected chi connectivity index (χ1v) is 15.7. The Bertz CT molecular complexity index is 1340. The van der Waals surface area contributed by atoms with Crippen LogP contribution in [-0.2, 0) is 16.4 Å². The minimum Gasteiger partial charge on any atom is -0.490 e. The van der Waals surface area contributed by atoms with Crippen molar-refractivity contribution in [2.45, 2.75) is 50.4 Å². The Morgan fingerprint density at radius 2 is 1.82 bits per heavy atom. The predicted molar refractivity (Wildman–Crippen MR) is 152 cm³/mol. The molecular weight excluding hydrogens is 542 g/mol. The zero-order valence-corrected chi connectivity index (χ0v) is 24.1. The Labute approximate surface area is 235 Å². The van der Waals surface area contributed by atoms with E-state index in [-0.39, 0.29) is 10.9 Å². The fourth-order valence-electron chi connectivity index (χ4n) is 5.49. The van der Waals surface area contributed by atoms with Crippen molar-refractivity contribution in [3.63, 3.8) is 0 Å². The van der Waals surface area contributed by atoms with Crippen molar-refractivity contribution >= 4 is 33.0 Å². The predicted octanol–water partition coefficient (Wildman–Crippen LogP) is 4.32. The van der Waals surface area contributed by atoms with Crippen LogP contribution in [0.1, 0.15) is 38.7 Å². The summed E-state index contributed by atoms with van der Waals surface area (Å²) in [6.07, 6.45) is 2.99. The van der Waals surface area contributed by atoms with Crippen LogP contribution in [0.2, 0.25) is 5.02 Å². The maximum Gasteiger partial charge on any atom is 0.235 e. The molecule has 6 rings (SSSR count). The molecule has 4 aliphatic rings. The molecule has 1 aliphatic carbocycles. The van der Waals surface area contributed by atoms with Gasteiger partial charge in [-0.15, -0.1) is 0 Å². The average molecular weight is 578 g/mol. The summed E-state index contributed by atoms with van der Waals surface area (Å²) < 4.78 is 51.8. The van der Waals surface area contributed by atoms with Crippen LogP contribution in [0.3, 0.4) is 0 Å². The molecular formula is C28H36ClN3O6S. The molecule has 11 heteroatoms. The zero-order valence-electron chi connectivity index (χ0n) is 22.5. The van der Waals surface area contributed by atoms with Crippen molar-refractivity contribution in [3.05, 3.63) is 34.9 Å². The Hall–Kier alpha value is -2.56. The number of anilines is 2. The van der Waals surface area contributed by atoms with E-state index >= 15 is 0 Å². The Kier molecular flexibility index (Phi) is 7.14. The smallest absolute Gasteiger partial charge is 0.235 e. The van der Waals surface area contributed by atoms with Gasteiger partial charge in [-0.2, -0.15) is 0 Å². The van der Waals surface area contributed by atoms with Gasteiger partial charge < -0.3 is 23.8 Å². The number of sulfonamides is 1. The number of piperazine rings is 1. The lowest BCUT2D eigenvalue weighted by Gasteiger charge is -2.37. The highest BCUT2D eigenvalue weighted by molar-refractivity contribution is 7.93. The second-order valence-electron chi connectivity index (χ2n) is 11.3. The van der Waals surface area contributed by atoms with Gasteiger partial charge in [0.2, 0.25) is 10.0 Å². The summed E-state index contributed by atoms with van der Waals surface area (Å²) in [6.45, 7) is 10.2. The fraction of sp³-hybridized carbons (Fsp3) is 0.571. The van der Waals surface area contributed by atoms with Crippen LogP contribution < -0.4 is 28.6 Å². The second-order valence-corrected chi connectivity index (χ2v) is 13.7. The van der Waals surface area contributed by atoms with Gasteiger partial charge in [0.25, 0.3) is 0 Å². The molecule has 0 aromatic heterocycles. The van der Waals surface area contributed by atoms with Crippen molar-refractivity contribution in [2.75, 3.05) is 62.2 Å². The first-order valence-electron chi connectivity index (χ1n) is 13.7. The Morgan fingerprint density at radius 3 is 2.59 bits per heavy atom. The highest BCUT2D eigenvalue weighted by atomic mass is 35.5. The lowest BCUT2D eigenvalue weighted by atomic mass is 10.0. The van der Waals surface area contributed by atoms with Crippen LogP contribution in [0.4, 0.5) is 11.4 Å². The molecule has 212 valence electrons. The van der Waals surface area contributed by atoms with Crippen LogP contribution in [0.25, 0.3) is 0 Å². The van der Waals surface area contributed by atoms with E-state index in [9.17, 15) is 8.42 Å². The number of hydrogen-bond acceptors (Lipinski definition) is 8. The monoisotopic (exact) mass is 577 g/mol. The van der Waals surface area contributed by atoms with Crippen molar-refractivity contribution in [3.8, 4) is 23.0 Å². The molecule has 1 N–H and O–H groups in total. The minimum absolute atomic E-state index is 0.284. The normalized spacial score (nSPS) is 20.3. The SMILES string of the molecule is CC1(C)Cc2cc(NS(=O)(=O)C3CC3)cc(OCCCN3CCN(c4cc(Cl)cc5c4OCCO5)CC3)c2O1. The van der Waals surface area contributed by atoms with Gasteiger partial charge in [0, 0.05) is 61.9 Å². The van der Waals surface area contributed by atoms with Crippen molar-refractivity contribution < 1.29 is 27.4 Å². The summed E-state index contributed by atoms with van der Waals surface area (Å²) in [4.78, 5) is 4.74. The van der Waals surface area contributed by atoms with Gasteiger partial charge in [0.1, 0.15) is 18.8 Å². The molecule has 3 heterocycles. The molecule has 0 bridgehead atoms. The molecule has 39 heavy (non-hydrogen) atoms. The van der Waals surface area contributed by atoms with Gasteiger partial charge in [-0.1, -0.05) is 11.6 Å². The van der Waals surface area contributed by atoms with Crippen LogP contribution in [0, 0.1) is 0 Å². The van der Waals surface area contributed by atoms with Crippen LogP contribution in [0.15, 0.2) is 24.3 Å². The third kappa shape index (κ3) is 5.98. The van der Waals surface area contributed by atoms with Gasteiger partial charge in [-0.25, -0.2) is 8.42 Å². The molecule has 0 atom stereocenters. The van der Waals surface area contributed by atoms with Gasteiger partial charge in [0.05, 0.1) is 23.2 Å². The number of nitrogens with one attached hydrogen (secondary N) is 1. The zero-order chi connectivity index (χ0) is 27.2. The molecule has 2 aromatic rings. The highest BCUT2D eigenvalue weighted by Gasteiger charge is 2.37. The summed E-state index contributed by atoms with van der Waals surface area (Å²) in [5.74, 6) is 2.82. The summed E-state index contributed by atoms with van der Waals surface area (Å²) in [5.41, 5.74) is 2.16. The van der Waals surface area contributed by atoms with Gasteiger partial charge in [0.15, 0.2) is 23.0 Å². The summed E-state index contributed by atoms with van der Waals surface area (Å²) in [6, 6.07) is 7.41. The number of fused-ring (bicyclic) bond motifs is 2. The van der Waals surface area contributed by atoms with Gasteiger partial charge in [-0.3, -0.25) is 9.62 Å². The third-order valence-corrected chi connectivity index (χ3v) is 9.61. The molecule has 1 saturated heterocycles. The number of halogens is 1. The van der Waals surface area contributed by atoms with Crippen LogP contribution in [0.5, 0.6) is 23.0 Å². The largest absolute Gasteiger partial charge is 0.490 e. The topological polar surface area (TPSA) is 89.6 Å². The quantitative estimate of drug-likeness (QED) is 0.441. The first kappa shape index (κ1) is 26.7. The van der Waals surface area contributed by atoms with Gasteiger partial charge in [-0.05, 0) is 45.2 Å². The number of nitrogens with zero attached hydrogens (tertiary/aromatic N) is 2. The number of benzene rings is 2. The van der Waals surface area contributed by atoms with Crippen molar-refractivity contribution in [1.29, 1.82) is 0 Å². The lowest BCUT2D eigenvalue weighted by molar-refractivity contribution is 0.131. The Balaban J connectivity index is 1.04. The average Bonchev–Trinajstić information content (AvgIpc) is 3.70. The van der Waals surface area contributed by atoms with Crippen molar-refractivity contribution in [2.24, 2.45) is 0 Å². The van der Waals surface area contributed by atoms with E-state index in [1.807, 2.05) is 32.0 Å². The van der Waals surface area contributed by atoms with E-state index < -0.39 is 10.0 Å². The van der Waals surface area contributed by atoms with E-state index in [2.05, 4.69) is 14.5 Å². The van der Waals surface area contributed by atoms with E-state index in [4.69, 9.17) is 30.5 Å². The first-order chi connectivity index (χ1) is 18.7. The van der Waals surface area contributed by atoms with E-state index in [1.165, 1.54) is 0 Å². The van der Waals surface area contributed by atoms with Gasteiger partial charge >= 0.3 is 0 Å². The van der Waals surface area contributed by atoms with E-state index in [0.29, 0.717) is 48.5 Å². The molecule has 0 amide bonds. The maximum atomic E-state index is 12.5. The highest BCUT2D eigenvalue weighted by Crippen LogP contribution is 2.45. The van der Waals surface area contributed by atoms with E-state index in [1.54, 1.807) is 6.07 Å². The lowest BCUT2D eigenvalue weighted by Crippen LogP contribution is -2.47. The number of ether oxygens (including phenoxy) is 4. The summed E-state index contributed by atoms with van der Waals surface area (Å²) in [5, 5.41) is 0.366. The number of rotatable bonds is 9.